The zero-order valence-electron chi connectivity index (χ0n) is 13.1. The summed E-state index contributed by atoms with van der Waals surface area (Å²) in [6, 6.07) is 0.731. The Kier molecular flexibility index (Phi) is 7.29. The third-order valence-corrected chi connectivity index (χ3v) is 4.73. The molecule has 0 aromatic carbocycles. The lowest BCUT2D eigenvalue weighted by Crippen LogP contribution is -2.39. The van der Waals surface area contributed by atoms with Crippen molar-refractivity contribution in [3.05, 3.63) is 0 Å². The Labute approximate surface area is 118 Å². The van der Waals surface area contributed by atoms with Gasteiger partial charge in [-0.2, -0.15) is 0 Å². The van der Waals surface area contributed by atoms with Crippen molar-refractivity contribution in [3.8, 4) is 0 Å². The fourth-order valence-corrected chi connectivity index (χ4v) is 3.11. The van der Waals surface area contributed by atoms with Gasteiger partial charge in [0, 0.05) is 19.1 Å². The molecule has 19 heavy (non-hydrogen) atoms. The van der Waals surface area contributed by atoms with E-state index >= 15 is 0 Å². The summed E-state index contributed by atoms with van der Waals surface area (Å²) < 4.78 is 0. The first-order valence-corrected chi connectivity index (χ1v) is 7.97. The average Bonchev–Trinajstić information content (AvgIpc) is 2.89. The van der Waals surface area contributed by atoms with Crippen molar-refractivity contribution in [3.63, 3.8) is 0 Å². The standard InChI is InChI=1S/C15H33N3O/c1-4-15(19,13-16)9-7-10-17-11-8-14(12-17)18(5-2)6-3/h14,19H,4-13,16H2,1-3H3. The second kappa shape index (κ2) is 8.20. The summed E-state index contributed by atoms with van der Waals surface area (Å²) in [4.78, 5) is 5.10. The Bertz CT molecular complexity index is 240. The van der Waals surface area contributed by atoms with Crippen LogP contribution in [-0.2, 0) is 0 Å². The molecule has 3 N–H and O–H groups in total. The average molecular weight is 271 g/mol. The number of hydrogen-bond acceptors (Lipinski definition) is 4. The number of nitrogens with zero attached hydrogens (tertiary/aromatic N) is 2. The minimum Gasteiger partial charge on any atom is -0.389 e. The smallest absolute Gasteiger partial charge is 0.0767 e. The van der Waals surface area contributed by atoms with Gasteiger partial charge in [-0.15, -0.1) is 0 Å². The first kappa shape index (κ1) is 16.9. The predicted molar refractivity (Wildman–Crippen MR) is 81.3 cm³/mol. The molecule has 0 aliphatic carbocycles. The van der Waals surface area contributed by atoms with E-state index in [9.17, 15) is 5.11 Å². The van der Waals surface area contributed by atoms with Gasteiger partial charge in [0.2, 0.25) is 0 Å². The number of rotatable bonds is 9. The van der Waals surface area contributed by atoms with E-state index in [-0.39, 0.29) is 0 Å². The maximum Gasteiger partial charge on any atom is 0.0767 e. The lowest BCUT2D eigenvalue weighted by atomic mass is 9.95. The number of hydrogen-bond donors (Lipinski definition) is 2. The summed E-state index contributed by atoms with van der Waals surface area (Å²) >= 11 is 0. The predicted octanol–water partition coefficient (Wildman–Crippen LogP) is 1.28. The summed E-state index contributed by atoms with van der Waals surface area (Å²) in [5.74, 6) is 0. The summed E-state index contributed by atoms with van der Waals surface area (Å²) in [5, 5.41) is 10.2. The van der Waals surface area contributed by atoms with Gasteiger partial charge in [-0.05, 0) is 51.9 Å². The van der Waals surface area contributed by atoms with Gasteiger partial charge in [0.25, 0.3) is 0 Å². The molecule has 1 fully saturated rings. The monoisotopic (exact) mass is 271 g/mol. The maximum absolute atomic E-state index is 10.2. The van der Waals surface area contributed by atoms with Crippen molar-refractivity contribution in [2.45, 2.75) is 58.1 Å². The molecule has 0 spiro atoms. The number of likely N-dealkylation sites (N-methyl/N-ethyl adjacent to an activating group) is 1. The molecule has 1 aliphatic heterocycles. The molecule has 4 nitrogen and oxygen atoms in total. The van der Waals surface area contributed by atoms with Crippen LogP contribution in [0, 0.1) is 0 Å². The largest absolute Gasteiger partial charge is 0.389 e. The van der Waals surface area contributed by atoms with Crippen LogP contribution in [0.1, 0.15) is 46.5 Å². The van der Waals surface area contributed by atoms with Crippen LogP contribution >= 0.6 is 0 Å². The first-order chi connectivity index (χ1) is 9.08. The topological polar surface area (TPSA) is 52.7 Å². The third-order valence-electron chi connectivity index (χ3n) is 4.73. The number of nitrogens with two attached hydrogens (primary N) is 1. The van der Waals surface area contributed by atoms with Crippen LogP contribution in [0.5, 0.6) is 0 Å². The lowest BCUT2D eigenvalue weighted by Gasteiger charge is -2.27. The van der Waals surface area contributed by atoms with Crippen molar-refractivity contribution in [2.24, 2.45) is 5.73 Å². The zero-order chi connectivity index (χ0) is 14.3. The fourth-order valence-electron chi connectivity index (χ4n) is 3.11. The maximum atomic E-state index is 10.2. The van der Waals surface area contributed by atoms with Crippen LogP contribution in [0.15, 0.2) is 0 Å². The van der Waals surface area contributed by atoms with Crippen LogP contribution in [0.3, 0.4) is 0 Å². The molecule has 0 aromatic rings. The molecule has 0 aromatic heterocycles. The third kappa shape index (κ3) is 5.03. The Hall–Kier alpha value is -0.160. The molecule has 0 bridgehead atoms. The van der Waals surface area contributed by atoms with E-state index in [4.69, 9.17) is 5.73 Å². The van der Waals surface area contributed by atoms with E-state index in [2.05, 4.69) is 23.6 Å². The summed E-state index contributed by atoms with van der Waals surface area (Å²) in [5.41, 5.74) is 5.00. The molecule has 0 radical (unpaired) electrons. The second-order valence-electron chi connectivity index (χ2n) is 5.85. The van der Waals surface area contributed by atoms with Crippen molar-refractivity contribution in [1.29, 1.82) is 0 Å². The molecule has 0 amide bonds. The van der Waals surface area contributed by atoms with Crippen molar-refractivity contribution in [2.75, 3.05) is 39.3 Å². The quantitative estimate of drug-likeness (QED) is 0.663. The molecule has 1 saturated heterocycles. The minimum atomic E-state index is -0.641. The van der Waals surface area contributed by atoms with E-state index < -0.39 is 5.60 Å². The summed E-state index contributed by atoms with van der Waals surface area (Å²) in [6.07, 6.45) is 3.92. The van der Waals surface area contributed by atoms with E-state index in [1.807, 2.05) is 6.92 Å². The van der Waals surface area contributed by atoms with Gasteiger partial charge >= 0.3 is 0 Å². The van der Waals surface area contributed by atoms with E-state index in [0.717, 1.165) is 44.9 Å². The second-order valence-corrected chi connectivity index (χ2v) is 5.85. The first-order valence-electron chi connectivity index (χ1n) is 7.97. The molecule has 0 saturated carbocycles. The van der Waals surface area contributed by atoms with Gasteiger partial charge in [0.05, 0.1) is 5.60 Å². The molecule has 4 heteroatoms. The van der Waals surface area contributed by atoms with Crippen LogP contribution in [0.2, 0.25) is 0 Å². The van der Waals surface area contributed by atoms with Gasteiger partial charge in [-0.1, -0.05) is 20.8 Å². The van der Waals surface area contributed by atoms with Gasteiger partial charge in [0.15, 0.2) is 0 Å². The van der Waals surface area contributed by atoms with Crippen molar-refractivity contribution in [1.82, 2.24) is 9.80 Å². The highest BCUT2D eigenvalue weighted by Gasteiger charge is 2.27. The molecule has 1 rings (SSSR count). The molecule has 1 heterocycles. The van der Waals surface area contributed by atoms with Crippen LogP contribution < -0.4 is 5.73 Å². The SMILES string of the molecule is CCN(CC)C1CCN(CCCC(O)(CC)CN)C1. The number of likely N-dealkylation sites (tertiary alicyclic amines) is 1. The zero-order valence-corrected chi connectivity index (χ0v) is 13.1. The van der Waals surface area contributed by atoms with Crippen molar-refractivity contribution >= 4 is 0 Å². The molecule has 2 atom stereocenters. The van der Waals surface area contributed by atoms with E-state index in [1.54, 1.807) is 0 Å². The fraction of sp³-hybridized carbons (Fsp3) is 1.00. The highest BCUT2D eigenvalue weighted by molar-refractivity contribution is 4.84. The van der Waals surface area contributed by atoms with Crippen LogP contribution in [0.4, 0.5) is 0 Å². The van der Waals surface area contributed by atoms with E-state index in [0.29, 0.717) is 6.54 Å². The Balaban J connectivity index is 2.25. The van der Waals surface area contributed by atoms with Gasteiger partial charge < -0.3 is 15.7 Å². The normalized spacial score (nSPS) is 24.0. The molecule has 114 valence electrons. The van der Waals surface area contributed by atoms with Gasteiger partial charge in [-0.25, -0.2) is 0 Å². The Morgan fingerprint density at radius 1 is 1.32 bits per heavy atom. The molecule has 1 aliphatic rings. The summed E-state index contributed by atoms with van der Waals surface area (Å²) in [7, 11) is 0. The van der Waals surface area contributed by atoms with Crippen LogP contribution in [0.25, 0.3) is 0 Å². The lowest BCUT2D eigenvalue weighted by molar-refractivity contribution is 0.0320. The van der Waals surface area contributed by atoms with Crippen molar-refractivity contribution < 1.29 is 5.11 Å². The van der Waals surface area contributed by atoms with Crippen LogP contribution in [-0.4, -0.2) is 65.8 Å². The number of aliphatic hydroxyl groups is 1. The minimum absolute atomic E-state index is 0.381. The van der Waals surface area contributed by atoms with Gasteiger partial charge in [-0.3, -0.25) is 4.90 Å². The molecular formula is C15H33N3O. The highest BCUT2D eigenvalue weighted by atomic mass is 16.3. The Morgan fingerprint density at radius 2 is 2.00 bits per heavy atom. The molecular weight excluding hydrogens is 238 g/mol. The van der Waals surface area contributed by atoms with E-state index in [1.165, 1.54) is 19.5 Å². The van der Waals surface area contributed by atoms with Gasteiger partial charge in [0.1, 0.15) is 0 Å². The summed E-state index contributed by atoms with van der Waals surface area (Å²) in [6.45, 7) is 12.7. The Morgan fingerprint density at radius 3 is 2.53 bits per heavy atom. The highest BCUT2D eigenvalue weighted by Crippen LogP contribution is 2.19. The molecule has 2 unspecified atom stereocenters.